The number of unbranched alkanes of at least 4 members (excludes halogenated alkanes) is 1. The lowest BCUT2D eigenvalue weighted by Crippen LogP contribution is -2.47. The van der Waals surface area contributed by atoms with E-state index in [-0.39, 0.29) is 23.5 Å². The van der Waals surface area contributed by atoms with Crippen LogP contribution in [0.15, 0.2) is 18.2 Å². The highest BCUT2D eigenvalue weighted by Crippen LogP contribution is 2.37. The predicted molar refractivity (Wildman–Crippen MR) is 91.5 cm³/mol. The Morgan fingerprint density at radius 1 is 1.35 bits per heavy atom. The highest BCUT2D eigenvalue weighted by Gasteiger charge is 2.34. The van der Waals surface area contributed by atoms with Crippen LogP contribution in [0.25, 0.3) is 0 Å². The van der Waals surface area contributed by atoms with E-state index in [4.69, 9.17) is 17.3 Å². The molecule has 1 aromatic carbocycles. The summed E-state index contributed by atoms with van der Waals surface area (Å²) in [6.07, 6.45) is -0.407. The zero-order chi connectivity index (χ0) is 16.3. The first-order valence-corrected chi connectivity index (χ1v) is 8.08. The van der Waals surface area contributed by atoms with E-state index >= 15 is 0 Å². The Kier molecular flexibility index (Phi) is 7.49. The monoisotopic (exact) mass is 370 g/mol. The zero-order valence-corrected chi connectivity index (χ0v) is 14.6. The lowest BCUT2D eigenvalue weighted by molar-refractivity contribution is -0.137. The number of rotatable bonds is 4. The molecule has 1 heterocycles. The number of nitrogens with two attached hydrogens (primary N) is 1. The molecule has 23 heavy (non-hydrogen) atoms. The fourth-order valence-corrected chi connectivity index (χ4v) is 3.21. The lowest BCUT2D eigenvalue weighted by atomic mass is 9.88. The normalized spacial score (nSPS) is 21.9. The molecule has 0 aliphatic carbocycles. The molecule has 0 bridgehead atoms. The predicted octanol–water partition coefficient (Wildman–Crippen LogP) is 5.12. The molecule has 2 nitrogen and oxygen atoms in total. The Morgan fingerprint density at radius 2 is 2.04 bits per heavy atom. The molecule has 0 saturated carbocycles. The smallest absolute Gasteiger partial charge is 0.371 e. The van der Waals surface area contributed by atoms with Crippen LogP contribution in [0.1, 0.15) is 38.2 Å². The van der Waals surface area contributed by atoms with Gasteiger partial charge in [0.15, 0.2) is 0 Å². The minimum atomic E-state index is -4.43. The molecular formula is C16H23Cl2F3N2. The van der Waals surface area contributed by atoms with Gasteiger partial charge < -0.3 is 10.6 Å². The molecule has 2 atom stereocenters. The van der Waals surface area contributed by atoms with Gasteiger partial charge in [-0.25, -0.2) is 0 Å². The van der Waals surface area contributed by atoms with Crippen molar-refractivity contribution in [3.05, 3.63) is 28.8 Å². The summed E-state index contributed by atoms with van der Waals surface area (Å²) in [5, 5.41) is -0.257. The molecule has 1 fully saturated rings. The van der Waals surface area contributed by atoms with Crippen LogP contribution in [-0.2, 0) is 6.18 Å². The quantitative estimate of drug-likeness (QED) is 0.796. The van der Waals surface area contributed by atoms with Gasteiger partial charge in [0, 0.05) is 24.8 Å². The Bertz CT molecular complexity index is 509. The van der Waals surface area contributed by atoms with E-state index in [0.717, 1.165) is 31.7 Å². The van der Waals surface area contributed by atoms with Crippen molar-refractivity contribution < 1.29 is 13.2 Å². The van der Waals surface area contributed by atoms with Crippen LogP contribution < -0.4 is 10.6 Å². The van der Waals surface area contributed by atoms with E-state index in [2.05, 4.69) is 6.92 Å². The van der Waals surface area contributed by atoms with Crippen LogP contribution in [0.3, 0.4) is 0 Å². The van der Waals surface area contributed by atoms with Crippen LogP contribution in [0.5, 0.6) is 0 Å². The Labute approximate surface area is 146 Å². The summed E-state index contributed by atoms with van der Waals surface area (Å²) in [7, 11) is 0. The number of benzene rings is 1. The minimum absolute atomic E-state index is 0. The lowest BCUT2D eigenvalue weighted by Gasteiger charge is -2.38. The summed E-state index contributed by atoms with van der Waals surface area (Å²) in [5.41, 5.74) is 5.96. The molecule has 1 aromatic rings. The first-order valence-electron chi connectivity index (χ1n) is 7.70. The van der Waals surface area contributed by atoms with Crippen LogP contribution in [0, 0.1) is 5.92 Å². The molecular weight excluding hydrogens is 348 g/mol. The van der Waals surface area contributed by atoms with Crippen LogP contribution in [0.4, 0.5) is 18.9 Å². The molecule has 1 aliphatic heterocycles. The fraction of sp³-hybridized carbons (Fsp3) is 0.625. The third-order valence-electron chi connectivity index (χ3n) is 4.34. The van der Waals surface area contributed by atoms with Crippen molar-refractivity contribution in [2.75, 3.05) is 18.0 Å². The summed E-state index contributed by atoms with van der Waals surface area (Å²) in [6.45, 7) is 3.52. The molecule has 0 spiro atoms. The summed E-state index contributed by atoms with van der Waals surface area (Å²) >= 11 is 5.68. The standard InChI is InChI=1S/C16H22ClF3N2.ClH/c1-2-3-4-11-10-22(8-7-15(11)21)12-5-6-14(17)13(9-12)16(18,19)20;/h5-6,9,11,15H,2-4,7-8,10,21H2,1H3;1H/t11-,15+;/m1./s1. The molecule has 0 amide bonds. The van der Waals surface area contributed by atoms with Gasteiger partial charge in [-0.05, 0) is 37.0 Å². The van der Waals surface area contributed by atoms with Crippen molar-refractivity contribution in [3.8, 4) is 0 Å². The van der Waals surface area contributed by atoms with Gasteiger partial charge in [0.1, 0.15) is 0 Å². The number of hydrogen-bond acceptors (Lipinski definition) is 2. The van der Waals surface area contributed by atoms with Gasteiger partial charge in [0.25, 0.3) is 0 Å². The highest BCUT2D eigenvalue weighted by molar-refractivity contribution is 6.31. The maximum atomic E-state index is 13.0. The minimum Gasteiger partial charge on any atom is -0.371 e. The van der Waals surface area contributed by atoms with Gasteiger partial charge in [-0.1, -0.05) is 31.4 Å². The Balaban J connectivity index is 0.00000264. The van der Waals surface area contributed by atoms with Crippen molar-refractivity contribution in [2.45, 2.75) is 44.8 Å². The van der Waals surface area contributed by atoms with Crippen LogP contribution >= 0.6 is 24.0 Å². The van der Waals surface area contributed by atoms with Gasteiger partial charge in [-0.15, -0.1) is 12.4 Å². The second kappa shape index (κ2) is 8.45. The number of piperidine rings is 1. The molecule has 1 aliphatic rings. The van der Waals surface area contributed by atoms with E-state index in [0.29, 0.717) is 24.7 Å². The van der Waals surface area contributed by atoms with E-state index in [1.165, 1.54) is 6.07 Å². The third kappa shape index (κ3) is 5.16. The first-order chi connectivity index (χ1) is 10.3. The van der Waals surface area contributed by atoms with Crippen molar-refractivity contribution in [3.63, 3.8) is 0 Å². The van der Waals surface area contributed by atoms with Gasteiger partial charge in [0.2, 0.25) is 0 Å². The number of halogens is 5. The molecule has 2 N–H and O–H groups in total. The van der Waals surface area contributed by atoms with Gasteiger partial charge in [-0.2, -0.15) is 13.2 Å². The topological polar surface area (TPSA) is 29.3 Å². The van der Waals surface area contributed by atoms with Gasteiger partial charge >= 0.3 is 6.18 Å². The molecule has 132 valence electrons. The second-order valence-corrected chi connectivity index (χ2v) is 6.37. The van der Waals surface area contributed by atoms with Crippen LogP contribution in [-0.4, -0.2) is 19.1 Å². The number of nitrogens with zero attached hydrogens (tertiary/aromatic N) is 1. The average molecular weight is 371 g/mol. The van der Waals surface area contributed by atoms with E-state index in [1.54, 1.807) is 6.07 Å². The number of hydrogen-bond donors (Lipinski definition) is 1. The van der Waals surface area contributed by atoms with Crippen molar-refractivity contribution in [2.24, 2.45) is 11.7 Å². The SMILES string of the molecule is CCCC[C@@H]1CN(c2ccc(Cl)c(C(F)(F)F)c2)CC[C@@H]1N.Cl. The summed E-state index contributed by atoms with van der Waals surface area (Å²) in [4.78, 5) is 2.00. The zero-order valence-electron chi connectivity index (χ0n) is 13.1. The molecule has 1 saturated heterocycles. The third-order valence-corrected chi connectivity index (χ3v) is 4.67. The summed E-state index contributed by atoms with van der Waals surface area (Å²) < 4.78 is 38.9. The second-order valence-electron chi connectivity index (χ2n) is 5.96. The largest absolute Gasteiger partial charge is 0.417 e. The summed E-state index contributed by atoms with van der Waals surface area (Å²) in [5.74, 6) is 0.332. The summed E-state index contributed by atoms with van der Waals surface area (Å²) in [6, 6.07) is 4.27. The highest BCUT2D eigenvalue weighted by atomic mass is 35.5. The average Bonchev–Trinajstić information content (AvgIpc) is 2.46. The van der Waals surface area contributed by atoms with E-state index in [1.807, 2.05) is 4.90 Å². The van der Waals surface area contributed by atoms with Crippen LogP contribution in [0.2, 0.25) is 5.02 Å². The molecule has 0 radical (unpaired) electrons. The molecule has 2 rings (SSSR count). The molecule has 0 aromatic heterocycles. The van der Waals surface area contributed by atoms with E-state index in [9.17, 15) is 13.2 Å². The Morgan fingerprint density at radius 3 is 2.65 bits per heavy atom. The first kappa shape index (κ1) is 20.4. The van der Waals surface area contributed by atoms with Gasteiger partial charge in [0.05, 0.1) is 10.6 Å². The fourth-order valence-electron chi connectivity index (χ4n) is 2.98. The molecule has 7 heteroatoms. The van der Waals surface area contributed by atoms with Crippen molar-refractivity contribution in [1.29, 1.82) is 0 Å². The van der Waals surface area contributed by atoms with Crippen molar-refractivity contribution in [1.82, 2.24) is 0 Å². The maximum absolute atomic E-state index is 13.0. The van der Waals surface area contributed by atoms with E-state index < -0.39 is 11.7 Å². The number of anilines is 1. The Hall–Kier alpha value is -0.650. The van der Waals surface area contributed by atoms with Crippen molar-refractivity contribution >= 4 is 29.7 Å². The maximum Gasteiger partial charge on any atom is 0.417 e. The molecule has 0 unspecified atom stereocenters. The number of alkyl halides is 3. The van der Waals surface area contributed by atoms with Gasteiger partial charge in [-0.3, -0.25) is 0 Å².